The van der Waals surface area contributed by atoms with Crippen LogP contribution in [0.15, 0.2) is 0 Å². The van der Waals surface area contributed by atoms with Gasteiger partial charge in [-0.15, -0.1) is 0 Å². The summed E-state index contributed by atoms with van der Waals surface area (Å²) in [4.78, 5) is 0. The summed E-state index contributed by atoms with van der Waals surface area (Å²) < 4.78 is 35.1. The van der Waals surface area contributed by atoms with Crippen molar-refractivity contribution in [3.05, 3.63) is 0 Å². The molecule has 4 N–H and O–H groups in total. The first-order valence-corrected chi connectivity index (χ1v) is 8.22. The Balaban J connectivity index is 2.50. The Morgan fingerprint density at radius 3 is 2.22 bits per heavy atom. The summed E-state index contributed by atoms with van der Waals surface area (Å²) in [6.45, 7) is -0.815. The van der Waals surface area contributed by atoms with Crippen LogP contribution in [0, 0.1) is 0 Å². The fourth-order valence-corrected chi connectivity index (χ4v) is 4.63. The van der Waals surface area contributed by atoms with Crippen LogP contribution in [0.25, 0.3) is 0 Å². The maximum atomic E-state index is 10.4. The molecule has 1 fully saturated rings. The zero-order chi connectivity index (χ0) is 13.9. The lowest BCUT2D eigenvalue weighted by Crippen LogP contribution is -2.39. The van der Waals surface area contributed by atoms with Crippen LogP contribution >= 0.6 is 0 Å². The standard InChI is InChI=1S/C8H16O8S2/c9-1-8(16-18(13,14)15)7(12)4-17-2-5(10)6(11)3-17/h5-12H,1-4H2/t5-,6+,7-,8+,17?/m0/s1. The summed E-state index contributed by atoms with van der Waals surface area (Å²) in [6.07, 6.45) is -4.59. The van der Waals surface area contributed by atoms with Crippen molar-refractivity contribution in [1.29, 1.82) is 0 Å². The molecule has 0 aromatic carbocycles. The summed E-state index contributed by atoms with van der Waals surface area (Å²) in [5.41, 5.74) is 0. The van der Waals surface area contributed by atoms with Crippen molar-refractivity contribution in [1.82, 2.24) is 0 Å². The molecule has 0 amide bonds. The van der Waals surface area contributed by atoms with Gasteiger partial charge in [-0.05, 0) is 10.9 Å². The third kappa shape index (κ3) is 4.97. The highest BCUT2D eigenvalue weighted by Gasteiger charge is 2.42. The first-order valence-electron chi connectivity index (χ1n) is 5.16. The Hall–Kier alpha value is 0.0600. The van der Waals surface area contributed by atoms with E-state index in [2.05, 4.69) is 4.18 Å². The Morgan fingerprint density at radius 1 is 1.33 bits per heavy atom. The molecule has 1 saturated heterocycles. The van der Waals surface area contributed by atoms with Gasteiger partial charge < -0.3 is 25.0 Å². The van der Waals surface area contributed by atoms with Crippen molar-refractivity contribution in [3.63, 3.8) is 0 Å². The van der Waals surface area contributed by atoms with Gasteiger partial charge in [0.15, 0.2) is 0 Å². The van der Waals surface area contributed by atoms with Crippen LogP contribution in [0.5, 0.6) is 0 Å². The highest BCUT2D eigenvalue weighted by atomic mass is 32.3. The topological polar surface area (TPSA) is 147 Å². The molecule has 0 bridgehead atoms. The van der Waals surface area contributed by atoms with E-state index in [1.807, 2.05) is 0 Å². The molecule has 5 atom stereocenters. The molecule has 0 aromatic rings. The molecule has 18 heavy (non-hydrogen) atoms. The Labute approximate surface area is 108 Å². The highest BCUT2D eigenvalue weighted by molar-refractivity contribution is 7.97. The van der Waals surface area contributed by atoms with E-state index >= 15 is 0 Å². The number of hydrogen-bond acceptors (Lipinski definition) is 8. The van der Waals surface area contributed by atoms with Gasteiger partial charge in [-0.1, -0.05) is 0 Å². The van der Waals surface area contributed by atoms with Crippen molar-refractivity contribution < 1.29 is 37.6 Å². The third-order valence-corrected chi connectivity index (χ3v) is 5.44. The summed E-state index contributed by atoms with van der Waals surface area (Å²) in [7, 11) is -5.51. The van der Waals surface area contributed by atoms with Crippen molar-refractivity contribution in [2.45, 2.75) is 24.4 Å². The van der Waals surface area contributed by atoms with Gasteiger partial charge in [0.1, 0.15) is 41.7 Å². The minimum atomic E-state index is -5.00. The molecule has 0 saturated carbocycles. The van der Waals surface area contributed by atoms with Crippen LogP contribution in [0.4, 0.5) is 0 Å². The van der Waals surface area contributed by atoms with Crippen LogP contribution in [-0.2, 0) is 25.5 Å². The maximum absolute atomic E-state index is 10.4. The predicted molar refractivity (Wildman–Crippen MR) is 61.6 cm³/mol. The van der Waals surface area contributed by atoms with Gasteiger partial charge in [0.05, 0.1) is 6.61 Å². The number of hydrogen-bond donors (Lipinski definition) is 4. The molecule has 0 aromatic heterocycles. The summed E-state index contributed by atoms with van der Waals surface area (Å²) in [5, 5.41) is 37.1. The van der Waals surface area contributed by atoms with Gasteiger partial charge >= 0.3 is 0 Å². The van der Waals surface area contributed by atoms with Gasteiger partial charge in [0.2, 0.25) is 10.4 Å². The zero-order valence-corrected chi connectivity index (χ0v) is 11.0. The second kappa shape index (κ2) is 6.48. The fourth-order valence-electron chi connectivity index (χ4n) is 1.63. The molecule has 1 heterocycles. The summed E-state index contributed by atoms with van der Waals surface area (Å²) in [6, 6.07) is 0. The Kier molecular flexibility index (Phi) is 5.80. The third-order valence-electron chi connectivity index (χ3n) is 2.51. The highest BCUT2D eigenvalue weighted by Crippen LogP contribution is 2.18. The van der Waals surface area contributed by atoms with Crippen LogP contribution in [0.3, 0.4) is 0 Å². The quantitative estimate of drug-likeness (QED) is 0.225. The van der Waals surface area contributed by atoms with Crippen LogP contribution < -0.4 is 0 Å². The van der Waals surface area contributed by atoms with Gasteiger partial charge in [-0.2, -0.15) is 0 Å². The van der Waals surface area contributed by atoms with E-state index < -0.39 is 52.3 Å². The smallest absolute Gasteiger partial charge is 0.218 e. The molecule has 0 radical (unpaired) electrons. The van der Waals surface area contributed by atoms with E-state index in [9.17, 15) is 28.3 Å². The van der Waals surface area contributed by atoms with E-state index in [1.54, 1.807) is 0 Å². The lowest BCUT2D eigenvalue weighted by Gasteiger charge is -2.21. The minimum Gasteiger partial charge on any atom is -0.726 e. The lowest BCUT2D eigenvalue weighted by atomic mass is 10.2. The van der Waals surface area contributed by atoms with Gasteiger partial charge in [-0.3, -0.25) is 4.18 Å². The normalized spacial score (nSPS) is 32.4. The second-order valence-electron chi connectivity index (χ2n) is 4.04. The van der Waals surface area contributed by atoms with Crippen LogP contribution in [0.1, 0.15) is 0 Å². The molecule has 108 valence electrons. The van der Waals surface area contributed by atoms with Crippen LogP contribution in [0.2, 0.25) is 0 Å². The van der Waals surface area contributed by atoms with Gasteiger partial charge in [0.25, 0.3) is 0 Å². The first kappa shape index (κ1) is 16.1. The molecule has 1 aliphatic rings. The first-order chi connectivity index (χ1) is 8.23. The Morgan fingerprint density at radius 2 is 1.83 bits per heavy atom. The SMILES string of the molecule is O=S(=O)([O-])O[C@H](CO)[C@@H](O)C[S+]1C[C@@H](O)[C@@H](O)C1. The molecule has 10 heteroatoms. The molecule has 1 unspecified atom stereocenters. The summed E-state index contributed by atoms with van der Waals surface area (Å²) in [5.74, 6) is 0.635. The average Bonchev–Trinajstić information content (AvgIpc) is 2.53. The van der Waals surface area contributed by atoms with Crippen molar-refractivity contribution in [3.8, 4) is 0 Å². The van der Waals surface area contributed by atoms with Crippen molar-refractivity contribution in [2.24, 2.45) is 0 Å². The van der Waals surface area contributed by atoms with E-state index in [1.165, 1.54) is 0 Å². The molecular formula is C8H16O8S2. The molecule has 1 aliphatic heterocycles. The number of aliphatic hydroxyl groups excluding tert-OH is 4. The molecule has 0 aliphatic carbocycles. The number of aliphatic hydroxyl groups is 4. The van der Waals surface area contributed by atoms with Gasteiger partial charge in [0, 0.05) is 0 Å². The van der Waals surface area contributed by atoms with Gasteiger partial charge in [-0.25, -0.2) is 8.42 Å². The van der Waals surface area contributed by atoms with E-state index in [0.29, 0.717) is 11.5 Å². The molecule has 1 rings (SSSR count). The fraction of sp³-hybridized carbons (Fsp3) is 1.00. The van der Waals surface area contributed by atoms with E-state index in [4.69, 9.17) is 5.11 Å². The molecular weight excluding hydrogens is 288 g/mol. The van der Waals surface area contributed by atoms with E-state index in [-0.39, 0.29) is 5.75 Å². The number of rotatable bonds is 6. The van der Waals surface area contributed by atoms with Crippen LogP contribution in [-0.4, -0.2) is 81.7 Å². The van der Waals surface area contributed by atoms with Crippen molar-refractivity contribution >= 4 is 21.3 Å². The second-order valence-corrected chi connectivity index (χ2v) is 7.27. The monoisotopic (exact) mass is 304 g/mol. The maximum Gasteiger partial charge on any atom is 0.218 e. The largest absolute Gasteiger partial charge is 0.726 e. The summed E-state index contributed by atoms with van der Waals surface area (Å²) >= 11 is 0. The zero-order valence-electron chi connectivity index (χ0n) is 9.38. The molecule has 8 nitrogen and oxygen atoms in total. The Bertz CT molecular complexity index is 348. The average molecular weight is 304 g/mol. The lowest BCUT2D eigenvalue weighted by molar-refractivity contribution is 0.0107. The predicted octanol–water partition coefficient (Wildman–Crippen LogP) is -3.46. The van der Waals surface area contributed by atoms with E-state index in [0.717, 1.165) is 0 Å². The molecule has 0 spiro atoms. The minimum absolute atomic E-state index is 0.0505. The van der Waals surface area contributed by atoms with Crippen molar-refractivity contribution in [2.75, 3.05) is 23.9 Å².